The molecular weight excluding hydrogens is 380 g/mol. The maximum atomic E-state index is 12.6. The van der Waals surface area contributed by atoms with Gasteiger partial charge >= 0.3 is 0 Å². The van der Waals surface area contributed by atoms with Crippen LogP contribution in [-0.4, -0.2) is 37.1 Å². The summed E-state index contributed by atoms with van der Waals surface area (Å²) in [5, 5.41) is 8.26. The van der Waals surface area contributed by atoms with Gasteiger partial charge < -0.3 is 11.1 Å². The minimum Gasteiger partial charge on any atom is -0.368 e. The summed E-state index contributed by atoms with van der Waals surface area (Å²) in [4.78, 5) is 32.4. The highest BCUT2D eigenvalue weighted by Crippen LogP contribution is 2.35. The fourth-order valence-electron chi connectivity index (χ4n) is 3.40. The van der Waals surface area contributed by atoms with E-state index in [0.29, 0.717) is 12.8 Å². The molecule has 0 unspecified atom stereocenters. The van der Waals surface area contributed by atoms with Gasteiger partial charge in [0.15, 0.2) is 0 Å². The van der Waals surface area contributed by atoms with Crippen LogP contribution in [0.2, 0.25) is 0 Å². The van der Waals surface area contributed by atoms with Crippen molar-refractivity contribution in [2.75, 3.05) is 0 Å². The summed E-state index contributed by atoms with van der Waals surface area (Å²) in [7, 11) is 0. The van der Waals surface area contributed by atoms with Crippen LogP contribution in [0, 0.1) is 0 Å². The molecule has 30 heavy (non-hydrogen) atoms. The lowest BCUT2D eigenvalue weighted by Gasteiger charge is -2.13. The molecule has 1 aliphatic carbocycles. The molecule has 3 aromatic heterocycles. The summed E-state index contributed by atoms with van der Waals surface area (Å²) in [5.41, 5.74) is 8.21. The summed E-state index contributed by atoms with van der Waals surface area (Å²) in [6.45, 7) is 0. The van der Waals surface area contributed by atoms with Crippen LogP contribution >= 0.6 is 0 Å². The molecule has 1 aromatic carbocycles. The van der Waals surface area contributed by atoms with Gasteiger partial charge in [0.2, 0.25) is 5.91 Å². The van der Waals surface area contributed by atoms with Crippen LogP contribution in [0.25, 0.3) is 27.7 Å². The minimum atomic E-state index is -0.922. The fraction of sp³-hybridized carbons (Fsp3) is 0.136. The number of benzene rings is 1. The highest BCUT2D eigenvalue weighted by atomic mass is 16.2. The second kappa shape index (κ2) is 6.77. The molecule has 148 valence electrons. The summed E-state index contributed by atoms with van der Waals surface area (Å²) < 4.78 is 1.78. The number of pyridine rings is 2. The summed E-state index contributed by atoms with van der Waals surface area (Å²) >= 11 is 0. The van der Waals surface area contributed by atoms with Crippen molar-refractivity contribution in [3.8, 4) is 16.8 Å². The molecule has 0 saturated heterocycles. The van der Waals surface area contributed by atoms with E-state index in [-0.39, 0.29) is 5.69 Å². The van der Waals surface area contributed by atoms with Crippen LogP contribution in [0.3, 0.4) is 0 Å². The van der Waals surface area contributed by atoms with Crippen molar-refractivity contribution in [1.29, 1.82) is 0 Å². The third-order valence-corrected chi connectivity index (χ3v) is 5.32. The van der Waals surface area contributed by atoms with E-state index in [2.05, 4.69) is 20.4 Å². The Bertz CT molecular complexity index is 1280. The highest BCUT2D eigenvalue weighted by molar-refractivity contribution is 5.99. The molecule has 0 atom stereocenters. The molecule has 3 heterocycles. The Morgan fingerprint density at radius 1 is 1.07 bits per heavy atom. The lowest BCUT2D eigenvalue weighted by molar-refractivity contribution is -0.120. The molecule has 1 aliphatic rings. The average Bonchev–Trinajstić information content (AvgIpc) is 3.43. The largest absolute Gasteiger partial charge is 0.368 e. The molecule has 3 N–H and O–H groups in total. The highest BCUT2D eigenvalue weighted by Gasteiger charge is 2.50. The van der Waals surface area contributed by atoms with E-state index >= 15 is 0 Å². The van der Waals surface area contributed by atoms with Crippen molar-refractivity contribution in [2.24, 2.45) is 5.73 Å². The summed E-state index contributed by atoms with van der Waals surface area (Å²) in [5.74, 6) is -0.915. The van der Waals surface area contributed by atoms with E-state index in [0.717, 1.165) is 27.7 Å². The number of nitrogens with zero attached hydrogens (tertiary/aromatic N) is 4. The molecule has 4 aromatic rings. The lowest BCUT2D eigenvalue weighted by Crippen LogP contribution is -2.46. The molecule has 0 bridgehead atoms. The third kappa shape index (κ3) is 3.18. The zero-order valence-electron chi connectivity index (χ0n) is 15.9. The molecule has 1 saturated carbocycles. The van der Waals surface area contributed by atoms with Gasteiger partial charge in [0.1, 0.15) is 11.2 Å². The standard InChI is InChI=1S/C22H18N6O2/c23-21(30)22(6-7-22)26-20(29)19-11-15(5-9-25-19)14-3-4-18-16(10-14)13-28(27-18)17-2-1-8-24-12-17/h1-5,8-13H,6-7H2,(H2,23,30)(H,26,29). The fourth-order valence-corrected chi connectivity index (χ4v) is 3.40. The molecule has 5 rings (SSSR count). The van der Waals surface area contributed by atoms with Crippen molar-refractivity contribution in [1.82, 2.24) is 25.1 Å². The molecule has 2 amide bonds. The molecular formula is C22H18N6O2. The van der Waals surface area contributed by atoms with Gasteiger partial charge in [-0.2, -0.15) is 5.10 Å². The molecule has 1 fully saturated rings. The number of hydrogen-bond acceptors (Lipinski definition) is 5. The number of aromatic nitrogens is 4. The van der Waals surface area contributed by atoms with Crippen molar-refractivity contribution < 1.29 is 9.59 Å². The van der Waals surface area contributed by atoms with Crippen LogP contribution in [0.5, 0.6) is 0 Å². The quantitative estimate of drug-likeness (QED) is 0.535. The summed E-state index contributed by atoms with van der Waals surface area (Å²) in [6.07, 6.45) is 8.11. The van der Waals surface area contributed by atoms with E-state index in [9.17, 15) is 9.59 Å². The zero-order valence-corrected chi connectivity index (χ0v) is 15.9. The van der Waals surface area contributed by atoms with Crippen molar-refractivity contribution >= 4 is 22.7 Å². The van der Waals surface area contributed by atoms with E-state index in [1.54, 1.807) is 29.3 Å². The minimum absolute atomic E-state index is 0.242. The van der Waals surface area contributed by atoms with E-state index in [4.69, 9.17) is 5.73 Å². The van der Waals surface area contributed by atoms with Crippen molar-refractivity contribution in [3.05, 3.63) is 72.9 Å². The number of carbonyl (C=O) groups excluding carboxylic acids is 2. The number of nitrogens with one attached hydrogen (secondary N) is 1. The number of nitrogens with two attached hydrogens (primary N) is 1. The topological polar surface area (TPSA) is 116 Å². The van der Waals surface area contributed by atoms with Crippen LogP contribution in [-0.2, 0) is 4.79 Å². The van der Waals surface area contributed by atoms with Crippen LogP contribution in [0.15, 0.2) is 67.3 Å². The Balaban J connectivity index is 1.45. The smallest absolute Gasteiger partial charge is 0.270 e. The number of primary amides is 1. The van der Waals surface area contributed by atoms with Crippen molar-refractivity contribution in [3.63, 3.8) is 0 Å². The normalized spacial score (nSPS) is 14.4. The zero-order chi connectivity index (χ0) is 20.7. The van der Waals surface area contributed by atoms with Crippen LogP contribution < -0.4 is 11.1 Å². The maximum Gasteiger partial charge on any atom is 0.270 e. The molecule has 0 aliphatic heterocycles. The SMILES string of the molecule is NC(=O)C1(NC(=O)c2cc(-c3ccc4nn(-c5cccnc5)cc4c3)ccn2)CC1. The Labute approximate surface area is 171 Å². The second-order valence-corrected chi connectivity index (χ2v) is 7.39. The Hall–Kier alpha value is -4.07. The van der Waals surface area contributed by atoms with E-state index in [1.165, 1.54) is 0 Å². The third-order valence-electron chi connectivity index (χ3n) is 5.32. The van der Waals surface area contributed by atoms with E-state index < -0.39 is 17.4 Å². The Morgan fingerprint density at radius 3 is 2.63 bits per heavy atom. The first-order valence-electron chi connectivity index (χ1n) is 9.53. The van der Waals surface area contributed by atoms with Gasteiger partial charge in [0.25, 0.3) is 5.91 Å². The first kappa shape index (κ1) is 18.0. The van der Waals surface area contributed by atoms with Gasteiger partial charge in [-0.05, 0) is 60.4 Å². The van der Waals surface area contributed by atoms with Crippen molar-refractivity contribution in [2.45, 2.75) is 18.4 Å². The second-order valence-electron chi connectivity index (χ2n) is 7.39. The van der Waals surface area contributed by atoms with Gasteiger partial charge in [0, 0.05) is 24.0 Å². The van der Waals surface area contributed by atoms with Gasteiger partial charge in [-0.25, -0.2) is 4.68 Å². The number of rotatable bonds is 5. The van der Waals surface area contributed by atoms with E-state index in [1.807, 2.05) is 42.6 Å². The van der Waals surface area contributed by atoms with Gasteiger partial charge in [-0.15, -0.1) is 0 Å². The van der Waals surface area contributed by atoms with Gasteiger partial charge in [-0.1, -0.05) is 6.07 Å². The predicted molar refractivity (Wildman–Crippen MR) is 111 cm³/mol. The number of amides is 2. The Morgan fingerprint density at radius 2 is 1.90 bits per heavy atom. The summed E-state index contributed by atoms with van der Waals surface area (Å²) in [6, 6.07) is 13.2. The first-order valence-corrected chi connectivity index (χ1v) is 9.53. The van der Waals surface area contributed by atoms with Gasteiger partial charge in [-0.3, -0.25) is 19.6 Å². The van der Waals surface area contributed by atoms with Gasteiger partial charge in [0.05, 0.1) is 17.4 Å². The Kier molecular flexibility index (Phi) is 4.06. The number of fused-ring (bicyclic) bond motifs is 1. The molecule has 8 nitrogen and oxygen atoms in total. The molecule has 8 heteroatoms. The average molecular weight is 398 g/mol. The van der Waals surface area contributed by atoms with Crippen LogP contribution in [0.1, 0.15) is 23.3 Å². The molecule has 0 spiro atoms. The number of carbonyl (C=O) groups is 2. The lowest BCUT2D eigenvalue weighted by atomic mass is 10.0. The molecule has 0 radical (unpaired) electrons. The monoisotopic (exact) mass is 398 g/mol. The maximum absolute atomic E-state index is 12.6. The first-order chi connectivity index (χ1) is 14.5. The predicted octanol–water partition coefficient (Wildman–Crippen LogP) is 2.23. The number of hydrogen-bond donors (Lipinski definition) is 2. The van der Waals surface area contributed by atoms with Crippen LogP contribution in [0.4, 0.5) is 0 Å².